The molecule has 4 rings (SSSR count). The summed E-state index contributed by atoms with van der Waals surface area (Å²) in [6.45, 7) is 7.26. The number of carbonyl (C=O) groups excluding carboxylic acids is 1. The van der Waals surface area contributed by atoms with Crippen molar-refractivity contribution in [1.82, 2.24) is 14.7 Å². The molecule has 1 aliphatic rings. The summed E-state index contributed by atoms with van der Waals surface area (Å²) >= 11 is 3.18. The molecule has 1 aliphatic carbocycles. The van der Waals surface area contributed by atoms with Gasteiger partial charge in [0.25, 0.3) is 0 Å². The van der Waals surface area contributed by atoms with Gasteiger partial charge in [-0.25, -0.2) is 23.1 Å². The Labute approximate surface area is 196 Å². The number of amides is 1. The predicted octanol–water partition coefficient (Wildman–Crippen LogP) is 4.29. The molecular weight excluding hydrogens is 464 g/mol. The van der Waals surface area contributed by atoms with Gasteiger partial charge in [-0.05, 0) is 76.8 Å². The molecule has 1 amide bonds. The molecule has 2 aromatic heterocycles. The van der Waals surface area contributed by atoms with E-state index in [0.717, 1.165) is 34.5 Å². The lowest BCUT2D eigenvalue weighted by atomic mass is 10.2. The molecule has 0 bridgehead atoms. The number of rotatable bonds is 7. The highest BCUT2D eigenvalue weighted by Gasteiger charge is 2.25. The summed E-state index contributed by atoms with van der Waals surface area (Å²) in [5.74, 6) is 0.543. The number of carbonyl (C=O) groups is 1. The van der Waals surface area contributed by atoms with E-state index in [2.05, 4.69) is 20.0 Å². The number of sulfonamides is 1. The minimum Gasteiger partial charge on any atom is -0.325 e. The third kappa shape index (κ3) is 4.83. The maximum absolute atomic E-state index is 12.8. The molecule has 10 heteroatoms. The number of anilines is 1. The molecule has 2 heterocycles. The van der Waals surface area contributed by atoms with Crippen molar-refractivity contribution in [2.45, 2.75) is 68.2 Å². The van der Waals surface area contributed by atoms with Crippen molar-refractivity contribution < 1.29 is 13.2 Å². The van der Waals surface area contributed by atoms with Gasteiger partial charge in [-0.2, -0.15) is 0 Å². The molecule has 1 atom stereocenters. The van der Waals surface area contributed by atoms with E-state index < -0.39 is 10.0 Å². The normalized spacial score (nSPS) is 14.7. The lowest BCUT2D eigenvalue weighted by Crippen LogP contribution is -2.30. The van der Waals surface area contributed by atoms with Gasteiger partial charge >= 0.3 is 0 Å². The van der Waals surface area contributed by atoms with Crippen LogP contribution in [0.5, 0.6) is 0 Å². The molecule has 32 heavy (non-hydrogen) atoms. The van der Waals surface area contributed by atoms with Crippen LogP contribution in [0, 0.1) is 6.92 Å². The predicted molar refractivity (Wildman–Crippen MR) is 130 cm³/mol. The number of nitrogens with one attached hydrogen (secondary N) is 2. The summed E-state index contributed by atoms with van der Waals surface area (Å²) in [6, 6.07) is 5.98. The van der Waals surface area contributed by atoms with E-state index in [1.165, 1.54) is 34.3 Å². The van der Waals surface area contributed by atoms with E-state index in [9.17, 15) is 13.2 Å². The zero-order valence-corrected chi connectivity index (χ0v) is 20.9. The Kier molecular flexibility index (Phi) is 6.58. The number of hydrogen-bond acceptors (Lipinski definition) is 7. The Morgan fingerprint density at radius 2 is 1.84 bits per heavy atom. The zero-order valence-electron chi connectivity index (χ0n) is 18.4. The van der Waals surface area contributed by atoms with Gasteiger partial charge in [-0.15, -0.1) is 11.3 Å². The first-order chi connectivity index (χ1) is 15.1. The Balaban J connectivity index is 1.48. The average molecular weight is 491 g/mol. The van der Waals surface area contributed by atoms with Gasteiger partial charge in [-0.3, -0.25) is 4.79 Å². The monoisotopic (exact) mass is 490 g/mol. The molecular formula is C22H26N4O3S3. The number of aromatic nitrogens is 2. The zero-order chi connectivity index (χ0) is 23.0. The molecule has 7 nitrogen and oxygen atoms in total. The van der Waals surface area contributed by atoms with E-state index in [1.54, 1.807) is 37.3 Å². The number of thiophene rings is 1. The topological polar surface area (TPSA) is 101 Å². The van der Waals surface area contributed by atoms with Crippen molar-refractivity contribution in [3.8, 4) is 0 Å². The van der Waals surface area contributed by atoms with E-state index in [0.29, 0.717) is 11.5 Å². The van der Waals surface area contributed by atoms with E-state index in [1.807, 2.05) is 13.8 Å². The largest absolute Gasteiger partial charge is 0.325 e. The standard InChI is InChI=1S/C22H26N4O3S3/c1-12(2)26-32(28,29)16-10-8-15(9-11-16)25-20(27)13(3)30-21-19-17-6-5-7-18(17)31-22(19)24-14(4)23-21/h8-13,26H,5-7H2,1-4H3,(H,25,27)/t13-/m0/s1. The number of nitrogens with zero attached hydrogens (tertiary/aromatic N) is 2. The Hall–Kier alpha value is -2.01. The van der Waals surface area contributed by atoms with Crippen LogP contribution in [0.2, 0.25) is 0 Å². The molecule has 0 fully saturated rings. The van der Waals surface area contributed by atoms with Gasteiger partial charge in [-0.1, -0.05) is 11.8 Å². The number of aryl methyl sites for hydroxylation is 3. The fraction of sp³-hybridized carbons (Fsp3) is 0.409. The van der Waals surface area contributed by atoms with Crippen LogP contribution in [-0.4, -0.2) is 35.6 Å². The number of benzene rings is 1. The highest BCUT2D eigenvalue weighted by Crippen LogP contribution is 2.41. The Morgan fingerprint density at radius 1 is 1.12 bits per heavy atom. The lowest BCUT2D eigenvalue weighted by Gasteiger charge is -2.14. The van der Waals surface area contributed by atoms with Crippen LogP contribution in [0.15, 0.2) is 34.2 Å². The molecule has 0 aliphatic heterocycles. The number of hydrogen-bond donors (Lipinski definition) is 2. The van der Waals surface area contributed by atoms with Crippen molar-refractivity contribution in [2.75, 3.05) is 5.32 Å². The van der Waals surface area contributed by atoms with Crippen molar-refractivity contribution in [3.63, 3.8) is 0 Å². The van der Waals surface area contributed by atoms with Crippen LogP contribution >= 0.6 is 23.1 Å². The van der Waals surface area contributed by atoms with Gasteiger partial charge in [0, 0.05) is 22.0 Å². The van der Waals surface area contributed by atoms with Crippen LogP contribution in [0.4, 0.5) is 5.69 Å². The quantitative estimate of drug-likeness (QED) is 0.378. The van der Waals surface area contributed by atoms with Crippen LogP contribution in [0.3, 0.4) is 0 Å². The van der Waals surface area contributed by atoms with Gasteiger partial charge < -0.3 is 5.32 Å². The van der Waals surface area contributed by atoms with Crippen molar-refractivity contribution in [3.05, 3.63) is 40.5 Å². The first kappa shape index (κ1) is 23.2. The third-order valence-corrected chi connectivity index (χ3v) is 9.07. The maximum Gasteiger partial charge on any atom is 0.240 e. The molecule has 0 saturated heterocycles. The molecule has 2 N–H and O–H groups in total. The second-order valence-electron chi connectivity index (χ2n) is 8.16. The second kappa shape index (κ2) is 9.09. The molecule has 0 radical (unpaired) electrons. The minimum absolute atomic E-state index is 0.164. The summed E-state index contributed by atoms with van der Waals surface area (Å²) in [5.41, 5.74) is 1.89. The van der Waals surface area contributed by atoms with Gasteiger partial charge in [0.15, 0.2) is 0 Å². The summed E-state index contributed by atoms with van der Waals surface area (Å²) < 4.78 is 27.1. The summed E-state index contributed by atoms with van der Waals surface area (Å²) in [4.78, 5) is 24.6. The minimum atomic E-state index is -3.57. The fourth-order valence-corrected chi connectivity index (χ4v) is 7.36. The fourth-order valence-electron chi connectivity index (χ4n) is 3.71. The molecule has 0 saturated carbocycles. The third-order valence-electron chi connectivity index (χ3n) is 5.12. The first-order valence-electron chi connectivity index (χ1n) is 10.5. The second-order valence-corrected chi connectivity index (χ2v) is 12.3. The summed E-state index contributed by atoms with van der Waals surface area (Å²) in [5, 5.41) is 4.45. The molecule has 0 spiro atoms. The van der Waals surface area contributed by atoms with E-state index in [4.69, 9.17) is 0 Å². The number of thioether (sulfide) groups is 1. The van der Waals surface area contributed by atoms with Gasteiger partial charge in [0.2, 0.25) is 15.9 Å². The highest BCUT2D eigenvalue weighted by atomic mass is 32.2. The summed E-state index contributed by atoms with van der Waals surface area (Å²) in [7, 11) is -3.57. The van der Waals surface area contributed by atoms with Crippen LogP contribution in [-0.2, 0) is 27.7 Å². The van der Waals surface area contributed by atoms with Crippen molar-refractivity contribution >= 4 is 54.9 Å². The summed E-state index contributed by atoms with van der Waals surface area (Å²) in [6.07, 6.45) is 3.29. The molecule has 0 unspecified atom stereocenters. The Bertz CT molecular complexity index is 1270. The smallest absolute Gasteiger partial charge is 0.240 e. The molecule has 3 aromatic rings. The lowest BCUT2D eigenvalue weighted by molar-refractivity contribution is -0.115. The molecule has 1 aromatic carbocycles. The molecule has 170 valence electrons. The average Bonchev–Trinajstić information content (AvgIpc) is 3.27. The first-order valence-corrected chi connectivity index (χ1v) is 13.7. The van der Waals surface area contributed by atoms with Gasteiger partial charge in [0.1, 0.15) is 15.7 Å². The maximum atomic E-state index is 12.8. The van der Waals surface area contributed by atoms with E-state index >= 15 is 0 Å². The van der Waals surface area contributed by atoms with E-state index in [-0.39, 0.29) is 22.1 Å². The SMILES string of the molecule is Cc1nc(S[C@@H](C)C(=O)Nc2ccc(S(=O)(=O)NC(C)C)cc2)c2c3c(sc2n1)CCC3. The Morgan fingerprint density at radius 3 is 2.53 bits per heavy atom. The van der Waals surface area contributed by atoms with Crippen molar-refractivity contribution in [1.29, 1.82) is 0 Å². The van der Waals surface area contributed by atoms with Gasteiger partial charge in [0.05, 0.1) is 10.1 Å². The van der Waals surface area contributed by atoms with Crippen LogP contribution in [0.25, 0.3) is 10.2 Å². The number of fused-ring (bicyclic) bond motifs is 3. The van der Waals surface area contributed by atoms with Crippen LogP contribution < -0.4 is 10.0 Å². The van der Waals surface area contributed by atoms with Crippen molar-refractivity contribution in [2.24, 2.45) is 0 Å². The van der Waals surface area contributed by atoms with Crippen LogP contribution in [0.1, 0.15) is 43.5 Å². The highest BCUT2D eigenvalue weighted by molar-refractivity contribution is 8.00.